The summed E-state index contributed by atoms with van der Waals surface area (Å²) in [6, 6.07) is 19.6. The van der Waals surface area contributed by atoms with Gasteiger partial charge in [0.2, 0.25) is 10.0 Å². The molecule has 1 amide bonds. The van der Waals surface area contributed by atoms with Gasteiger partial charge in [0, 0.05) is 11.3 Å². The average molecular weight is 464 g/mol. The molecular formula is C24H20N2O6S. The third kappa shape index (κ3) is 4.11. The van der Waals surface area contributed by atoms with E-state index in [1.54, 1.807) is 54.6 Å². The summed E-state index contributed by atoms with van der Waals surface area (Å²) < 4.78 is 28.3. The van der Waals surface area contributed by atoms with Gasteiger partial charge in [-0.1, -0.05) is 30.3 Å². The summed E-state index contributed by atoms with van der Waals surface area (Å²) >= 11 is 0. The van der Waals surface area contributed by atoms with Crippen molar-refractivity contribution in [1.29, 1.82) is 0 Å². The zero-order valence-electron chi connectivity index (χ0n) is 17.5. The van der Waals surface area contributed by atoms with E-state index in [4.69, 9.17) is 9.88 Å². The number of aliphatic hydroxyl groups excluding tert-OH is 1. The molecule has 1 atom stereocenters. The number of carbonyl (C=O) groups is 2. The van der Waals surface area contributed by atoms with Crippen molar-refractivity contribution in [3.05, 3.63) is 95.6 Å². The molecule has 3 aromatic rings. The third-order valence-corrected chi connectivity index (χ3v) is 6.30. The number of methoxy groups -OCH3 is 1. The maximum Gasteiger partial charge on any atom is 0.300 e. The molecule has 4 rings (SSSR count). The number of carbonyl (C=O) groups excluding carboxylic acids is 2. The average Bonchev–Trinajstić information content (AvgIpc) is 3.09. The van der Waals surface area contributed by atoms with Gasteiger partial charge in [-0.15, -0.1) is 0 Å². The lowest BCUT2D eigenvalue weighted by molar-refractivity contribution is -0.132. The molecule has 1 aliphatic heterocycles. The first-order valence-corrected chi connectivity index (χ1v) is 11.4. The standard InChI is InChI=1S/C24H20N2O6S/c1-32-18-11-7-16(8-12-18)22(27)20-21(15-5-3-2-4-6-15)26(24(29)23(20)28)17-9-13-19(14-10-17)33(25,30)31/h2-14,21,27H,1H3,(H2,25,30,31)/b22-20+/t21-/m1/s1. The predicted molar refractivity (Wildman–Crippen MR) is 122 cm³/mol. The van der Waals surface area contributed by atoms with Crippen molar-refractivity contribution in [1.82, 2.24) is 0 Å². The fraction of sp³-hybridized carbons (Fsp3) is 0.0833. The first kappa shape index (κ1) is 22.3. The highest BCUT2D eigenvalue weighted by Gasteiger charge is 2.46. The van der Waals surface area contributed by atoms with E-state index in [9.17, 15) is 23.1 Å². The van der Waals surface area contributed by atoms with E-state index in [1.807, 2.05) is 0 Å². The molecule has 1 fully saturated rings. The Bertz CT molecular complexity index is 1350. The maximum absolute atomic E-state index is 13.1. The molecule has 0 unspecified atom stereocenters. The minimum atomic E-state index is -3.93. The predicted octanol–water partition coefficient (Wildman–Crippen LogP) is 2.97. The second-order valence-corrected chi connectivity index (χ2v) is 8.91. The number of ether oxygens (including phenoxy) is 1. The van der Waals surface area contributed by atoms with Gasteiger partial charge in [-0.3, -0.25) is 14.5 Å². The topological polar surface area (TPSA) is 127 Å². The Kier molecular flexibility index (Phi) is 5.75. The molecular weight excluding hydrogens is 444 g/mol. The van der Waals surface area contributed by atoms with E-state index in [-0.39, 0.29) is 21.9 Å². The highest BCUT2D eigenvalue weighted by Crippen LogP contribution is 2.42. The number of aliphatic hydroxyl groups is 1. The fourth-order valence-electron chi connectivity index (χ4n) is 3.75. The molecule has 0 saturated carbocycles. The minimum Gasteiger partial charge on any atom is -0.507 e. The van der Waals surface area contributed by atoms with Crippen LogP contribution < -0.4 is 14.8 Å². The van der Waals surface area contributed by atoms with Gasteiger partial charge >= 0.3 is 0 Å². The molecule has 1 saturated heterocycles. The van der Waals surface area contributed by atoms with Crippen LogP contribution in [0, 0.1) is 0 Å². The lowest BCUT2D eigenvalue weighted by Crippen LogP contribution is -2.29. The van der Waals surface area contributed by atoms with Gasteiger partial charge in [-0.25, -0.2) is 13.6 Å². The van der Waals surface area contributed by atoms with Crippen LogP contribution in [-0.4, -0.2) is 32.3 Å². The number of Topliss-reactive ketones (excluding diaryl/α,β-unsaturated/α-hetero) is 1. The number of sulfonamides is 1. The lowest BCUT2D eigenvalue weighted by Gasteiger charge is -2.25. The van der Waals surface area contributed by atoms with Gasteiger partial charge in [0.15, 0.2) is 0 Å². The Morgan fingerprint density at radius 2 is 1.55 bits per heavy atom. The number of nitrogens with zero attached hydrogens (tertiary/aromatic N) is 1. The van der Waals surface area contributed by atoms with Gasteiger partial charge in [0.1, 0.15) is 11.5 Å². The van der Waals surface area contributed by atoms with Crippen LogP contribution in [0.2, 0.25) is 0 Å². The quantitative estimate of drug-likeness (QED) is 0.340. The van der Waals surface area contributed by atoms with Gasteiger partial charge in [0.25, 0.3) is 11.7 Å². The van der Waals surface area contributed by atoms with Gasteiger partial charge in [-0.05, 0) is 54.1 Å². The van der Waals surface area contributed by atoms with Crippen molar-refractivity contribution in [3.63, 3.8) is 0 Å². The van der Waals surface area contributed by atoms with Gasteiger partial charge < -0.3 is 9.84 Å². The molecule has 0 aliphatic carbocycles. The molecule has 0 spiro atoms. The van der Waals surface area contributed by atoms with Crippen LogP contribution in [0.15, 0.2) is 89.3 Å². The Morgan fingerprint density at radius 1 is 0.939 bits per heavy atom. The Morgan fingerprint density at radius 3 is 2.09 bits per heavy atom. The van der Waals surface area contributed by atoms with Gasteiger partial charge in [-0.2, -0.15) is 0 Å². The van der Waals surface area contributed by atoms with E-state index < -0.39 is 27.8 Å². The number of hydrogen-bond acceptors (Lipinski definition) is 6. The molecule has 1 aliphatic rings. The van der Waals surface area contributed by atoms with E-state index in [2.05, 4.69) is 0 Å². The van der Waals surface area contributed by atoms with Crippen molar-refractivity contribution in [3.8, 4) is 5.75 Å². The van der Waals surface area contributed by atoms with E-state index >= 15 is 0 Å². The van der Waals surface area contributed by atoms with E-state index in [0.717, 1.165) is 0 Å². The zero-order chi connectivity index (χ0) is 23.8. The molecule has 0 bridgehead atoms. The molecule has 0 aromatic heterocycles. The summed E-state index contributed by atoms with van der Waals surface area (Å²) in [7, 11) is -2.42. The van der Waals surface area contributed by atoms with Crippen LogP contribution in [-0.2, 0) is 19.6 Å². The lowest BCUT2D eigenvalue weighted by atomic mass is 9.95. The molecule has 168 valence electrons. The van der Waals surface area contributed by atoms with Crippen molar-refractivity contribution in [2.75, 3.05) is 12.0 Å². The molecule has 0 radical (unpaired) electrons. The first-order chi connectivity index (χ1) is 15.7. The van der Waals surface area contributed by atoms with Crippen LogP contribution in [0.25, 0.3) is 5.76 Å². The van der Waals surface area contributed by atoms with E-state index in [0.29, 0.717) is 16.9 Å². The Labute approximate surface area is 190 Å². The number of primary sulfonamides is 1. The summed E-state index contributed by atoms with van der Waals surface area (Å²) in [5, 5.41) is 16.2. The summed E-state index contributed by atoms with van der Waals surface area (Å²) in [5.74, 6) is -1.45. The largest absolute Gasteiger partial charge is 0.507 e. The highest BCUT2D eigenvalue weighted by molar-refractivity contribution is 7.89. The van der Waals surface area contributed by atoms with Crippen molar-refractivity contribution in [2.24, 2.45) is 5.14 Å². The van der Waals surface area contributed by atoms with Crippen molar-refractivity contribution in [2.45, 2.75) is 10.9 Å². The van der Waals surface area contributed by atoms with Crippen LogP contribution >= 0.6 is 0 Å². The molecule has 1 heterocycles. The van der Waals surface area contributed by atoms with Crippen molar-refractivity contribution >= 4 is 33.2 Å². The zero-order valence-corrected chi connectivity index (χ0v) is 18.3. The molecule has 8 nitrogen and oxygen atoms in total. The number of nitrogens with two attached hydrogens (primary N) is 1. The Balaban J connectivity index is 1.89. The highest BCUT2D eigenvalue weighted by atomic mass is 32.2. The molecule has 33 heavy (non-hydrogen) atoms. The minimum absolute atomic E-state index is 0.0770. The van der Waals surface area contributed by atoms with Crippen LogP contribution in [0.3, 0.4) is 0 Å². The van der Waals surface area contributed by atoms with Crippen LogP contribution in [0.1, 0.15) is 17.2 Å². The number of hydrogen-bond donors (Lipinski definition) is 2. The van der Waals surface area contributed by atoms with Crippen LogP contribution in [0.4, 0.5) is 5.69 Å². The number of amides is 1. The molecule has 9 heteroatoms. The van der Waals surface area contributed by atoms with Gasteiger partial charge in [0.05, 0.1) is 23.6 Å². The fourth-order valence-corrected chi connectivity index (χ4v) is 4.27. The first-order valence-electron chi connectivity index (χ1n) is 9.85. The third-order valence-electron chi connectivity index (χ3n) is 5.37. The summed E-state index contributed by atoms with van der Waals surface area (Å²) in [6.07, 6.45) is 0. The maximum atomic E-state index is 13.1. The smallest absolute Gasteiger partial charge is 0.300 e. The number of ketones is 1. The Hall–Kier alpha value is -3.95. The van der Waals surface area contributed by atoms with Crippen LogP contribution in [0.5, 0.6) is 5.75 Å². The van der Waals surface area contributed by atoms with E-state index in [1.165, 1.54) is 36.3 Å². The monoisotopic (exact) mass is 464 g/mol. The van der Waals surface area contributed by atoms with Crippen molar-refractivity contribution < 1.29 is 27.9 Å². The normalized spacial score (nSPS) is 17.9. The second kappa shape index (κ2) is 8.53. The number of benzene rings is 3. The SMILES string of the molecule is COc1ccc(/C(O)=C2\C(=O)C(=O)N(c3ccc(S(N)(=O)=O)cc3)[C@@H]2c2ccccc2)cc1. The number of rotatable bonds is 5. The summed E-state index contributed by atoms with van der Waals surface area (Å²) in [6.45, 7) is 0. The second-order valence-electron chi connectivity index (χ2n) is 7.35. The summed E-state index contributed by atoms with van der Waals surface area (Å²) in [4.78, 5) is 27.3. The summed E-state index contributed by atoms with van der Waals surface area (Å²) in [5.41, 5.74) is 1.15. The number of anilines is 1. The molecule has 3 aromatic carbocycles. The molecule has 3 N–H and O–H groups in total.